The molecule has 0 bridgehead atoms. The summed E-state index contributed by atoms with van der Waals surface area (Å²) < 4.78 is 10.1. The monoisotopic (exact) mass is 336 g/mol. The van der Waals surface area contributed by atoms with Crippen LogP contribution in [0.15, 0.2) is 24.3 Å². The van der Waals surface area contributed by atoms with E-state index < -0.39 is 22.3 Å². The summed E-state index contributed by atoms with van der Waals surface area (Å²) in [7, 11) is 1.30. The number of carbonyl (C=O) groups excluding carboxylic acids is 2. The smallest absolute Gasteiger partial charge is 0.331 e. The van der Waals surface area contributed by atoms with Crippen molar-refractivity contribution in [3.05, 3.63) is 34.4 Å². The molecule has 1 fully saturated rings. The van der Waals surface area contributed by atoms with Gasteiger partial charge in [-0.2, -0.15) is 0 Å². The van der Waals surface area contributed by atoms with Gasteiger partial charge in [0.05, 0.1) is 18.1 Å². The van der Waals surface area contributed by atoms with Crippen LogP contribution in [-0.4, -0.2) is 36.1 Å². The van der Waals surface area contributed by atoms with Gasteiger partial charge in [0.2, 0.25) is 0 Å². The van der Waals surface area contributed by atoms with Crippen LogP contribution >= 0.6 is 0 Å². The normalized spacial score (nSPS) is 16.0. The first-order chi connectivity index (χ1) is 11.5. The second-order valence-electron chi connectivity index (χ2n) is 5.73. The third kappa shape index (κ3) is 4.21. The molecule has 8 heteroatoms. The minimum atomic E-state index is -1.00. The third-order valence-electron chi connectivity index (χ3n) is 4.06. The van der Waals surface area contributed by atoms with Crippen LogP contribution in [0.4, 0.5) is 5.69 Å². The van der Waals surface area contributed by atoms with Crippen molar-refractivity contribution in [2.24, 2.45) is 0 Å². The van der Waals surface area contributed by atoms with Crippen LogP contribution < -0.4 is 10.1 Å². The zero-order valence-electron chi connectivity index (χ0n) is 13.4. The molecular weight excluding hydrogens is 316 g/mol. The summed E-state index contributed by atoms with van der Waals surface area (Å²) >= 11 is 0. The van der Waals surface area contributed by atoms with Crippen LogP contribution in [0.3, 0.4) is 0 Å². The largest absolute Gasteiger partial charge is 0.484 e. The van der Waals surface area contributed by atoms with Crippen molar-refractivity contribution in [1.82, 2.24) is 5.32 Å². The zero-order valence-corrected chi connectivity index (χ0v) is 13.4. The number of hydrogen-bond donors (Lipinski definition) is 1. The summed E-state index contributed by atoms with van der Waals surface area (Å²) in [6.07, 6.45) is 3.74. The number of nitrogens with one attached hydrogen (secondary N) is 1. The predicted molar refractivity (Wildman–Crippen MR) is 84.6 cm³/mol. The van der Waals surface area contributed by atoms with Crippen LogP contribution in [0.5, 0.6) is 5.75 Å². The van der Waals surface area contributed by atoms with E-state index in [-0.39, 0.29) is 18.0 Å². The highest BCUT2D eigenvalue weighted by molar-refractivity contribution is 5.88. The highest BCUT2D eigenvalue weighted by Crippen LogP contribution is 2.29. The average Bonchev–Trinajstić information content (AvgIpc) is 2.60. The van der Waals surface area contributed by atoms with Gasteiger partial charge in [-0.1, -0.05) is 25.3 Å². The first-order valence-electron chi connectivity index (χ1n) is 7.73. The predicted octanol–water partition coefficient (Wildman–Crippen LogP) is 1.97. The number of methoxy groups -OCH3 is 1. The maximum absolute atomic E-state index is 12.2. The van der Waals surface area contributed by atoms with E-state index in [9.17, 15) is 19.7 Å². The number of rotatable bonds is 6. The summed E-state index contributed by atoms with van der Waals surface area (Å²) in [5, 5.41) is 13.4. The highest BCUT2D eigenvalue weighted by atomic mass is 16.6. The van der Waals surface area contributed by atoms with E-state index in [1.807, 2.05) is 0 Å². The van der Waals surface area contributed by atoms with Crippen LogP contribution in [0.1, 0.15) is 32.1 Å². The van der Waals surface area contributed by atoms with E-state index in [1.54, 1.807) is 0 Å². The lowest BCUT2D eigenvalue weighted by molar-refractivity contribution is -0.384. The van der Waals surface area contributed by atoms with Crippen molar-refractivity contribution in [1.29, 1.82) is 0 Å². The molecule has 1 saturated carbocycles. The van der Waals surface area contributed by atoms with Gasteiger partial charge in [-0.25, -0.2) is 4.79 Å². The number of carbonyl (C=O) groups is 2. The third-order valence-corrected chi connectivity index (χ3v) is 4.06. The number of nitro benzene ring substituents is 1. The summed E-state index contributed by atoms with van der Waals surface area (Å²) in [6, 6.07) is 5.57. The van der Waals surface area contributed by atoms with Crippen LogP contribution in [-0.2, 0) is 14.3 Å². The Bertz CT molecular complexity index is 625. The number of amides is 1. The van der Waals surface area contributed by atoms with E-state index >= 15 is 0 Å². The number of hydrogen-bond acceptors (Lipinski definition) is 6. The molecule has 0 saturated heterocycles. The number of benzene rings is 1. The quantitative estimate of drug-likeness (QED) is 0.483. The Kier molecular flexibility index (Phi) is 5.73. The van der Waals surface area contributed by atoms with Crippen molar-refractivity contribution in [2.75, 3.05) is 13.7 Å². The molecule has 0 atom stereocenters. The molecule has 0 aromatic heterocycles. The molecule has 0 heterocycles. The SMILES string of the molecule is COC(=O)C1(NC(=O)COc2cccc([N+](=O)[O-])c2)CCCCC1. The fourth-order valence-electron chi connectivity index (χ4n) is 2.87. The molecule has 1 aromatic rings. The molecule has 0 unspecified atom stereocenters. The lowest BCUT2D eigenvalue weighted by atomic mass is 9.81. The number of ether oxygens (including phenoxy) is 2. The molecule has 24 heavy (non-hydrogen) atoms. The summed E-state index contributed by atoms with van der Waals surface area (Å²) in [5.41, 5.74) is -1.12. The summed E-state index contributed by atoms with van der Waals surface area (Å²) in [4.78, 5) is 34.4. The van der Waals surface area contributed by atoms with Gasteiger partial charge in [-0.05, 0) is 18.9 Å². The summed E-state index contributed by atoms with van der Waals surface area (Å²) in [5.74, 6) is -0.699. The van der Waals surface area contributed by atoms with Crippen molar-refractivity contribution in [2.45, 2.75) is 37.6 Å². The Morgan fingerprint density at radius 2 is 2.00 bits per heavy atom. The number of esters is 1. The maximum atomic E-state index is 12.2. The lowest BCUT2D eigenvalue weighted by Crippen LogP contribution is -2.57. The highest BCUT2D eigenvalue weighted by Gasteiger charge is 2.41. The minimum Gasteiger partial charge on any atom is -0.484 e. The molecule has 1 N–H and O–H groups in total. The molecule has 1 amide bonds. The molecule has 130 valence electrons. The van der Waals surface area contributed by atoms with Crippen molar-refractivity contribution >= 4 is 17.6 Å². The van der Waals surface area contributed by atoms with Crippen molar-refractivity contribution in [3.8, 4) is 5.75 Å². The molecule has 2 rings (SSSR count). The van der Waals surface area contributed by atoms with Gasteiger partial charge < -0.3 is 14.8 Å². The second kappa shape index (κ2) is 7.76. The van der Waals surface area contributed by atoms with Gasteiger partial charge in [0.1, 0.15) is 11.3 Å². The number of non-ortho nitro benzene ring substituents is 1. The van der Waals surface area contributed by atoms with Crippen molar-refractivity contribution < 1.29 is 24.0 Å². The van der Waals surface area contributed by atoms with E-state index in [1.165, 1.54) is 31.4 Å². The van der Waals surface area contributed by atoms with Gasteiger partial charge in [-0.15, -0.1) is 0 Å². The van der Waals surface area contributed by atoms with Gasteiger partial charge in [0.15, 0.2) is 6.61 Å². The molecule has 0 radical (unpaired) electrons. The number of nitrogens with zero attached hydrogens (tertiary/aromatic N) is 1. The minimum absolute atomic E-state index is 0.119. The molecule has 1 aliphatic carbocycles. The second-order valence-corrected chi connectivity index (χ2v) is 5.73. The maximum Gasteiger partial charge on any atom is 0.331 e. The fourth-order valence-corrected chi connectivity index (χ4v) is 2.87. The molecule has 0 spiro atoms. The zero-order chi connectivity index (χ0) is 17.6. The van der Waals surface area contributed by atoms with E-state index in [0.29, 0.717) is 12.8 Å². The van der Waals surface area contributed by atoms with Crippen LogP contribution in [0.25, 0.3) is 0 Å². The Morgan fingerprint density at radius 3 is 2.62 bits per heavy atom. The Morgan fingerprint density at radius 1 is 1.29 bits per heavy atom. The topological polar surface area (TPSA) is 108 Å². The van der Waals surface area contributed by atoms with E-state index in [4.69, 9.17) is 9.47 Å². The Balaban J connectivity index is 1.97. The molecule has 0 aliphatic heterocycles. The molecule has 8 nitrogen and oxygen atoms in total. The molecular formula is C16H20N2O6. The van der Waals surface area contributed by atoms with Gasteiger partial charge >= 0.3 is 5.97 Å². The first kappa shape index (κ1) is 17.7. The van der Waals surface area contributed by atoms with Crippen LogP contribution in [0, 0.1) is 10.1 Å². The van der Waals surface area contributed by atoms with E-state index in [0.717, 1.165) is 19.3 Å². The Labute approximate surface area is 139 Å². The van der Waals surface area contributed by atoms with E-state index in [2.05, 4.69) is 5.32 Å². The van der Waals surface area contributed by atoms with Crippen LogP contribution in [0.2, 0.25) is 0 Å². The lowest BCUT2D eigenvalue weighted by Gasteiger charge is -2.35. The average molecular weight is 336 g/mol. The fraction of sp³-hybridized carbons (Fsp3) is 0.500. The standard InChI is InChI=1S/C16H20N2O6/c1-23-15(20)16(8-3-2-4-9-16)17-14(19)11-24-13-7-5-6-12(10-13)18(21)22/h5-7,10H,2-4,8-9,11H2,1H3,(H,17,19). The van der Waals surface area contributed by atoms with Gasteiger partial charge in [-0.3, -0.25) is 14.9 Å². The van der Waals surface area contributed by atoms with Crippen molar-refractivity contribution in [3.63, 3.8) is 0 Å². The van der Waals surface area contributed by atoms with Gasteiger partial charge in [0, 0.05) is 6.07 Å². The first-order valence-corrected chi connectivity index (χ1v) is 7.73. The molecule has 1 aromatic carbocycles. The summed E-state index contributed by atoms with van der Waals surface area (Å²) in [6.45, 7) is -0.333. The number of nitro groups is 1. The van der Waals surface area contributed by atoms with Gasteiger partial charge in [0.25, 0.3) is 11.6 Å². The molecule has 1 aliphatic rings. The Hall–Kier alpha value is -2.64.